The number of nitrogen functional groups attached to an aromatic ring is 1. The smallest absolute Gasteiger partial charge is 0.306 e. The van der Waals surface area contributed by atoms with E-state index in [4.69, 9.17) is 15.7 Å². The minimum Gasteiger partial charge on any atom is -0.507 e. The van der Waals surface area contributed by atoms with Crippen molar-refractivity contribution in [3.05, 3.63) is 48.3 Å². The fourth-order valence-corrected chi connectivity index (χ4v) is 6.24. The second-order valence-electron chi connectivity index (χ2n) is 10.4. The lowest BCUT2D eigenvalue weighted by molar-refractivity contribution is -0.142. The van der Waals surface area contributed by atoms with Gasteiger partial charge >= 0.3 is 5.97 Å². The second-order valence-corrected chi connectivity index (χ2v) is 10.4. The lowest BCUT2D eigenvalue weighted by Gasteiger charge is -2.42. The van der Waals surface area contributed by atoms with Crippen LogP contribution in [0.2, 0.25) is 0 Å². The number of aliphatic carboxylic acids is 1. The van der Waals surface area contributed by atoms with Crippen LogP contribution in [-0.4, -0.2) is 61.5 Å². The Morgan fingerprint density at radius 2 is 1.62 bits per heavy atom. The van der Waals surface area contributed by atoms with Crippen molar-refractivity contribution in [3.63, 3.8) is 0 Å². The van der Waals surface area contributed by atoms with Crippen LogP contribution in [0.4, 0.5) is 17.5 Å². The van der Waals surface area contributed by atoms with Gasteiger partial charge in [0.05, 0.1) is 17.3 Å². The fraction of sp³-hybridized carbons (Fsp3) is 0.444. The number of fused-ring (bicyclic) bond motifs is 2. The van der Waals surface area contributed by atoms with Crippen molar-refractivity contribution < 1.29 is 15.0 Å². The first-order chi connectivity index (χ1) is 18.0. The Labute approximate surface area is 215 Å². The van der Waals surface area contributed by atoms with Crippen LogP contribution in [-0.2, 0) is 4.79 Å². The van der Waals surface area contributed by atoms with Gasteiger partial charge in [-0.1, -0.05) is 12.1 Å². The van der Waals surface area contributed by atoms with E-state index >= 15 is 0 Å². The van der Waals surface area contributed by atoms with Gasteiger partial charge in [0, 0.05) is 43.1 Å². The lowest BCUT2D eigenvalue weighted by atomic mass is 9.79. The van der Waals surface area contributed by atoms with E-state index in [-0.39, 0.29) is 23.8 Å². The Hall–Kier alpha value is -3.95. The number of anilines is 3. The molecule has 4 N–H and O–H groups in total. The predicted molar refractivity (Wildman–Crippen MR) is 139 cm³/mol. The summed E-state index contributed by atoms with van der Waals surface area (Å²) in [6, 6.07) is 9.53. The normalized spacial score (nSPS) is 25.3. The highest BCUT2D eigenvalue weighted by molar-refractivity contribution is 5.74. The zero-order chi connectivity index (χ0) is 25.5. The van der Waals surface area contributed by atoms with Gasteiger partial charge in [-0.15, -0.1) is 10.2 Å². The molecular weight excluding hydrogens is 470 g/mol. The Morgan fingerprint density at radius 1 is 0.946 bits per heavy atom. The molecule has 1 aromatic carbocycles. The minimum absolute atomic E-state index is 0.160. The zero-order valence-corrected chi connectivity index (χ0v) is 20.6. The molecule has 1 aliphatic carbocycles. The molecule has 2 unspecified atom stereocenters. The van der Waals surface area contributed by atoms with Crippen LogP contribution in [0.5, 0.6) is 5.75 Å². The summed E-state index contributed by atoms with van der Waals surface area (Å²) in [7, 11) is 0. The Kier molecular flexibility index (Phi) is 6.02. The number of rotatable bonds is 5. The van der Waals surface area contributed by atoms with Gasteiger partial charge in [0.2, 0.25) is 5.95 Å². The number of aromatic nitrogens is 4. The van der Waals surface area contributed by atoms with Crippen molar-refractivity contribution in [1.82, 2.24) is 20.2 Å². The number of carbonyl (C=O) groups is 1. The zero-order valence-electron chi connectivity index (χ0n) is 20.6. The van der Waals surface area contributed by atoms with Crippen LogP contribution in [0.3, 0.4) is 0 Å². The van der Waals surface area contributed by atoms with Crippen LogP contribution < -0.4 is 15.5 Å². The minimum atomic E-state index is -0.682. The summed E-state index contributed by atoms with van der Waals surface area (Å²) < 4.78 is 0. The summed E-state index contributed by atoms with van der Waals surface area (Å²) in [4.78, 5) is 25.4. The fourth-order valence-electron chi connectivity index (χ4n) is 6.24. The van der Waals surface area contributed by atoms with Crippen LogP contribution in [0.15, 0.2) is 42.7 Å². The molecule has 0 amide bonds. The van der Waals surface area contributed by atoms with Crippen molar-refractivity contribution in [3.8, 4) is 17.0 Å². The van der Waals surface area contributed by atoms with E-state index in [1.807, 2.05) is 30.6 Å². The Bertz CT molecular complexity index is 1280. The molecule has 2 aromatic heterocycles. The maximum Gasteiger partial charge on any atom is 0.306 e. The molecule has 10 nitrogen and oxygen atoms in total. The number of hydrogen-bond acceptors (Lipinski definition) is 9. The second kappa shape index (κ2) is 9.49. The van der Waals surface area contributed by atoms with Crippen LogP contribution >= 0.6 is 0 Å². The first-order valence-corrected chi connectivity index (χ1v) is 13.0. The van der Waals surface area contributed by atoms with Gasteiger partial charge in [0.15, 0.2) is 5.82 Å². The highest BCUT2D eigenvalue weighted by Crippen LogP contribution is 2.39. The van der Waals surface area contributed by atoms with Crippen LogP contribution in [0.1, 0.15) is 50.0 Å². The summed E-state index contributed by atoms with van der Waals surface area (Å²) in [5, 5.41) is 27.9. The van der Waals surface area contributed by atoms with Crippen molar-refractivity contribution >= 4 is 23.4 Å². The largest absolute Gasteiger partial charge is 0.507 e. The molecule has 2 bridgehead atoms. The van der Waals surface area contributed by atoms with Crippen LogP contribution in [0.25, 0.3) is 11.3 Å². The highest BCUT2D eigenvalue weighted by atomic mass is 16.4. The van der Waals surface area contributed by atoms with Crippen molar-refractivity contribution in [1.29, 1.82) is 0 Å². The van der Waals surface area contributed by atoms with Crippen molar-refractivity contribution in [2.75, 3.05) is 28.6 Å². The summed E-state index contributed by atoms with van der Waals surface area (Å²) in [5.41, 5.74) is 9.41. The SMILES string of the molecule is Nc1nnc(-c2ccccc2O)cc1N1CC2CCC(C1)N2c1ncc(C2CCC(C(=O)O)CC2)cn1. The van der Waals surface area contributed by atoms with Gasteiger partial charge in [-0.25, -0.2) is 9.97 Å². The first-order valence-electron chi connectivity index (χ1n) is 13.0. The molecule has 37 heavy (non-hydrogen) atoms. The molecule has 2 aliphatic heterocycles. The van der Waals surface area contributed by atoms with E-state index in [1.165, 1.54) is 0 Å². The highest BCUT2D eigenvalue weighted by Gasteiger charge is 2.42. The van der Waals surface area contributed by atoms with E-state index in [0.29, 0.717) is 35.8 Å². The number of carboxylic acid groups (broad SMARTS) is 1. The van der Waals surface area contributed by atoms with Crippen molar-refractivity contribution in [2.45, 2.75) is 56.5 Å². The van der Waals surface area contributed by atoms with E-state index in [9.17, 15) is 15.0 Å². The number of nitrogens with two attached hydrogens (primary N) is 1. The monoisotopic (exact) mass is 501 g/mol. The molecule has 2 saturated heterocycles. The molecule has 0 radical (unpaired) electrons. The number of benzene rings is 1. The van der Waals surface area contributed by atoms with Gasteiger partial charge in [0.1, 0.15) is 5.75 Å². The van der Waals surface area contributed by atoms with Gasteiger partial charge in [0.25, 0.3) is 0 Å². The molecule has 3 aliphatic rings. The van der Waals surface area contributed by atoms with E-state index in [1.54, 1.807) is 12.1 Å². The molecule has 3 fully saturated rings. The molecule has 2 atom stereocenters. The summed E-state index contributed by atoms with van der Waals surface area (Å²) in [6.45, 7) is 1.55. The Balaban J connectivity index is 1.17. The van der Waals surface area contributed by atoms with E-state index < -0.39 is 5.97 Å². The number of hydrogen-bond donors (Lipinski definition) is 3. The van der Waals surface area contributed by atoms with Gasteiger partial charge < -0.3 is 25.7 Å². The maximum absolute atomic E-state index is 11.3. The number of aromatic hydroxyl groups is 1. The van der Waals surface area contributed by atoms with E-state index in [2.05, 4.69) is 20.0 Å². The molecule has 10 heteroatoms. The number of nitrogens with zero attached hydrogens (tertiary/aromatic N) is 6. The average molecular weight is 502 g/mol. The summed E-state index contributed by atoms with van der Waals surface area (Å²) >= 11 is 0. The summed E-state index contributed by atoms with van der Waals surface area (Å²) in [5.74, 6) is 0.725. The van der Waals surface area contributed by atoms with Crippen molar-refractivity contribution in [2.24, 2.45) is 5.92 Å². The van der Waals surface area contributed by atoms with Crippen LogP contribution in [0, 0.1) is 5.92 Å². The average Bonchev–Trinajstić information content (AvgIpc) is 3.18. The molecule has 192 valence electrons. The lowest BCUT2D eigenvalue weighted by Crippen LogP contribution is -2.54. The quantitative estimate of drug-likeness (QED) is 0.476. The standard InChI is InChI=1S/C27H31N7O3/c28-25-23(11-22(31-32-25)21-3-1-2-4-24(21)35)33-14-19-9-10-20(15-33)34(19)27-29-12-18(13-30-27)16-5-7-17(8-6-16)26(36)37/h1-4,11-13,16-17,19-20,35H,5-10,14-15H2,(H2,28,32)(H,36,37). The maximum atomic E-state index is 11.3. The molecule has 0 spiro atoms. The number of para-hydroxylation sites is 1. The molecule has 4 heterocycles. The third-order valence-electron chi connectivity index (χ3n) is 8.24. The summed E-state index contributed by atoms with van der Waals surface area (Å²) in [6.07, 6.45) is 9.14. The molecular formula is C27H31N7O3. The molecule has 6 rings (SSSR count). The third kappa shape index (κ3) is 4.41. The molecule has 1 saturated carbocycles. The third-order valence-corrected chi connectivity index (χ3v) is 8.24. The topological polar surface area (TPSA) is 142 Å². The number of phenolic OH excluding ortho intramolecular Hbond substituents is 1. The first kappa shape index (κ1) is 23.4. The number of piperazine rings is 1. The Morgan fingerprint density at radius 3 is 2.27 bits per heavy atom. The van der Waals surface area contributed by atoms with Gasteiger partial charge in [-0.3, -0.25) is 4.79 Å². The number of phenols is 1. The van der Waals surface area contributed by atoms with Gasteiger partial charge in [-0.2, -0.15) is 0 Å². The van der Waals surface area contributed by atoms with E-state index in [0.717, 1.165) is 56.0 Å². The van der Waals surface area contributed by atoms with Gasteiger partial charge in [-0.05, 0) is 68.2 Å². The molecule has 3 aromatic rings. The predicted octanol–water partition coefficient (Wildman–Crippen LogP) is 3.44. The number of carboxylic acids is 1.